The Bertz CT molecular complexity index is 825. The molecule has 0 aromatic carbocycles. The fraction of sp³-hybridized carbons (Fsp3) is 0.562. The van der Waals surface area contributed by atoms with Crippen molar-refractivity contribution < 1.29 is 23.3 Å². The molecule has 0 aliphatic carbocycles. The molecule has 0 spiro atoms. The van der Waals surface area contributed by atoms with Gasteiger partial charge in [-0.05, 0) is 25.3 Å². The first kappa shape index (κ1) is 21.8. The van der Waals surface area contributed by atoms with Crippen molar-refractivity contribution in [3.63, 3.8) is 0 Å². The standard InChI is InChI=1S/C16H17Cl3N2O5S2/c1-15(2)11(14(24)26-7-16(17,18)19)21-12(23)10(13(21)28(15)25)20-9(22)6-8-4-3-5-27-8/h3-5,10-11,13H,6-7H2,1-2H3,(H,20,22)/t10?,11-,13+,28?/m0/s1. The molecular weight excluding hydrogens is 471 g/mol. The van der Waals surface area contributed by atoms with E-state index in [4.69, 9.17) is 39.5 Å². The summed E-state index contributed by atoms with van der Waals surface area (Å²) in [5.74, 6) is -1.64. The zero-order valence-corrected chi connectivity index (χ0v) is 18.7. The summed E-state index contributed by atoms with van der Waals surface area (Å²) in [4.78, 5) is 39.4. The second-order valence-corrected chi connectivity index (χ2v) is 12.6. The first-order valence-electron chi connectivity index (χ1n) is 8.21. The lowest BCUT2D eigenvalue weighted by Gasteiger charge is -2.43. The number of esters is 1. The average molecular weight is 488 g/mol. The van der Waals surface area contributed by atoms with Crippen molar-refractivity contribution in [1.82, 2.24) is 10.2 Å². The van der Waals surface area contributed by atoms with E-state index in [1.54, 1.807) is 13.8 Å². The molecule has 1 aromatic rings. The maximum Gasteiger partial charge on any atom is 0.330 e. The Morgan fingerprint density at radius 2 is 2.07 bits per heavy atom. The third-order valence-electron chi connectivity index (χ3n) is 4.59. The van der Waals surface area contributed by atoms with Gasteiger partial charge in [-0.25, -0.2) is 4.79 Å². The van der Waals surface area contributed by atoms with E-state index in [2.05, 4.69) is 5.32 Å². The Kier molecular flexibility index (Phi) is 6.05. The van der Waals surface area contributed by atoms with Crippen LogP contribution in [-0.4, -0.2) is 59.5 Å². The molecule has 3 heterocycles. The summed E-state index contributed by atoms with van der Waals surface area (Å²) in [6.07, 6.45) is 0.124. The summed E-state index contributed by atoms with van der Waals surface area (Å²) in [5, 5.41) is 3.67. The minimum Gasteiger partial charge on any atom is -0.460 e. The van der Waals surface area contributed by atoms with Crippen molar-refractivity contribution in [2.75, 3.05) is 6.61 Å². The number of hydrogen-bond acceptors (Lipinski definition) is 6. The molecule has 0 bridgehead atoms. The maximum absolute atomic E-state index is 12.9. The molecule has 12 heteroatoms. The molecule has 2 amide bonds. The first-order chi connectivity index (χ1) is 12.9. The van der Waals surface area contributed by atoms with Gasteiger partial charge in [-0.15, -0.1) is 11.3 Å². The highest BCUT2D eigenvalue weighted by molar-refractivity contribution is 7.87. The summed E-state index contributed by atoms with van der Waals surface area (Å²) >= 11 is 18.2. The Hall–Kier alpha value is -0.870. The van der Waals surface area contributed by atoms with Gasteiger partial charge in [0, 0.05) is 4.88 Å². The molecule has 2 saturated heterocycles. The number of alkyl halides is 3. The number of nitrogens with one attached hydrogen (secondary N) is 1. The van der Waals surface area contributed by atoms with Crippen LogP contribution in [0, 0.1) is 0 Å². The van der Waals surface area contributed by atoms with Gasteiger partial charge in [-0.2, -0.15) is 0 Å². The summed E-state index contributed by atoms with van der Waals surface area (Å²) in [6, 6.07) is 1.60. The van der Waals surface area contributed by atoms with Crippen molar-refractivity contribution in [2.45, 2.75) is 46.3 Å². The number of halogens is 3. The van der Waals surface area contributed by atoms with Gasteiger partial charge in [0.05, 0.1) is 22.0 Å². The van der Waals surface area contributed by atoms with Gasteiger partial charge in [-0.3, -0.25) is 13.8 Å². The molecule has 0 radical (unpaired) electrons. The van der Waals surface area contributed by atoms with Crippen LogP contribution in [0.5, 0.6) is 0 Å². The first-order valence-corrected chi connectivity index (χ1v) is 11.4. The summed E-state index contributed by atoms with van der Waals surface area (Å²) in [5.41, 5.74) is 0. The number of nitrogens with zero attached hydrogens (tertiary/aromatic N) is 1. The van der Waals surface area contributed by atoms with E-state index in [-0.39, 0.29) is 12.3 Å². The number of hydrogen-bond donors (Lipinski definition) is 1. The largest absolute Gasteiger partial charge is 0.460 e. The van der Waals surface area contributed by atoms with Gasteiger partial charge < -0.3 is 15.0 Å². The van der Waals surface area contributed by atoms with Crippen molar-refractivity contribution in [3.05, 3.63) is 22.4 Å². The maximum atomic E-state index is 12.9. The lowest BCUT2D eigenvalue weighted by molar-refractivity contribution is -0.164. The third kappa shape index (κ3) is 4.05. The minimum atomic E-state index is -1.80. The van der Waals surface area contributed by atoms with E-state index < -0.39 is 55.3 Å². The fourth-order valence-electron chi connectivity index (χ4n) is 3.30. The third-order valence-corrected chi connectivity index (χ3v) is 7.99. The van der Waals surface area contributed by atoms with Crippen LogP contribution >= 0.6 is 46.1 Å². The van der Waals surface area contributed by atoms with Gasteiger partial charge >= 0.3 is 5.97 Å². The molecule has 28 heavy (non-hydrogen) atoms. The van der Waals surface area contributed by atoms with Gasteiger partial charge in [0.2, 0.25) is 15.6 Å². The van der Waals surface area contributed by atoms with E-state index >= 15 is 0 Å². The lowest BCUT2D eigenvalue weighted by atomic mass is 9.96. The summed E-state index contributed by atoms with van der Waals surface area (Å²) in [7, 11) is -1.61. The van der Waals surface area contributed by atoms with Crippen molar-refractivity contribution in [1.29, 1.82) is 0 Å². The SMILES string of the molecule is CC1(C)[C@H](C(=O)OCC(Cl)(Cl)Cl)N2C(=O)C(NC(=O)Cc3cccs3)[C@H]2S1=O. The van der Waals surface area contributed by atoms with Crippen LogP contribution in [0.1, 0.15) is 18.7 Å². The quantitative estimate of drug-likeness (QED) is 0.388. The Morgan fingerprint density at radius 1 is 1.39 bits per heavy atom. The zero-order valence-electron chi connectivity index (χ0n) is 14.8. The molecular formula is C16H17Cl3N2O5S2. The van der Waals surface area contributed by atoms with E-state index in [0.717, 1.165) is 4.88 Å². The van der Waals surface area contributed by atoms with Crippen LogP contribution in [0.2, 0.25) is 0 Å². The number of fused-ring (bicyclic) bond motifs is 1. The van der Waals surface area contributed by atoms with Crippen molar-refractivity contribution >= 4 is 74.7 Å². The predicted octanol–water partition coefficient (Wildman–Crippen LogP) is 1.77. The Labute approximate surface area is 183 Å². The number of carbonyl (C=O) groups excluding carboxylic acids is 3. The second-order valence-electron chi connectivity index (χ2n) is 6.96. The molecule has 3 rings (SSSR count). The number of amides is 2. The number of rotatable bonds is 5. The fourth-order valence-corrected chi connectivity index (χ4v) is 6.08. The molecule has 0 saturated carbocycles. The van der Waals surface area contributed by atoms with E-state index in [0.29, 0.717) is 0 Å². The van der Waals surface area contributed by atoms with Crippen LogP contribution in [0.3, 0.4) is 0 Å². The summed E-state index contributed by atoms with van der Waals surface area (Å²) in [6.45, 7) is 2.70. The normalized spacial score (nSPS) is 28.5. The van der Waals surface area contributed by atoms with E-state index in [1.807, 2.05) is 17.5 Å². The van der Waals surface area contributed by atoms with Crippen LogP contribution in [0.15, 0.2) is 17.5 Å². The van der Waals surface area contributed by atoms with Crippen LogP contribution in [-0.2, 0) is 36.3 Å². The molecule has 1 N–H and O–H groups in total. The van der Waals surface area contributed by atoms with E-state index in [1.165, 1.54) is 16.2 Å². The Morgan fingerprint density at radius 3 is 2.64 bits per heavy atom. The molecule has 4 atom stereocenters. The highest BCUT2D eigenvalue weighted by Gasteiger charge is 2.68. The molecule has 154 valence electrons. The van der Waals surface area contributed by atoms with Gasteiger partial charge in [0.25, 0.3) is 0 Å². The number of carbonyl (C=O) groups is 3. The summed E-state index contributed by atoms with van der Waals surface area (Å²) < 4.78 is 15.1. The van der Waals surface area contributed by atoms with E-state index in [9.17, 15) is 18.6 Å². The lowest BCUT2D eigenvalue weighted by Crippen LogP contribution is -2.71. The highest BCUT2D eigenvalue weighted by atomic mass is 35.6. The molecule has 2 fully saturated rings. The molecule has 7 nitrogen and oxygen atoms in total. The average Bonchev–Trinajstić information content (AvgIpc) is 3.15. The molecule has 2 aliphatic heterocycles. The number of β-lactam (4-membered cyclic amide) rings is 1. The van der Waals surface area contributed by atoms with Gasteiger partial charge in [0.15, 0.2) is 0 Å². The van der Waals surface area contributed by atoms with Crippen LogP contribution < -0.4 is 5.32 Å². The van der Waals surface area contributed by atoms with Crippen molar-refractivity contribution in [3.8, 4) is 0 Å². The predicted molar refractivity (Wildman–Crippen MR) is 108 cm³/mol. The minimum absolute atomic E-state index is 0.124. The second kappa shape index (κ2) is 7.75. The highest BCUT2D eigenvalue weighted by Crippen LogP contribution is 2.44. The topological polar surface area (TPSA) is 92.8 Å². The molecule has 2 aliphatic rings. The number of ether oxygens (including phenoxy) is 1. The number of thiophene rings is 1. The Balaban J connectivity index is 1.71. The monoisotopic (exact) mass is 486 g/mol. The zero-order chi connectivity index (χ0) is 20.9. The van der Waals surface area contributed by atoms with Crippen LogP contribution in [0.25, 0.3) is 0 Å². The van der Waals surface area contributed by atoms with Crippen molar-refractivity contribution in [2.24, 2.45) is 0 Å². The molecule has 1 aromatic heterocycles. The smallest absolute Gasteiger partial charge is 0.330 e. The molecule has 2 unspecified atom stereocenters. The van der Waals surface area contributed by atoms with Gasteiger partial charge in [0.1, 0.15) is 24.1 Å². The van der Waals surface area contributed by atoms with Crippen LogP contribution in [0.4, 0.5) is 0 Å². The van der Waals surface area contributed by atoms with Gasteiger partial charge in [-0.1, -0.05) is 40.9 Å².